The average molecular weight is 330 g/mol. The lowest BCUT2D eigenvalue weighted by molar-refractivity contribution is -0.0640. The zero-order valence-corrected chi connectivity index (χ0v) is 13.4. The van der Waals surface area contributed by atoms with Crippen LogP contribution in [-0.4, -0.2) is 47.4 Å². The van der Waals surface area contributed by atoms with Crippen LogP contribution in [0.25, 0.3) is 5.65 Å². The summed E-state index contributed by atoms with van der Waals surface area (Å²) >= 11 is 6.07. The monoisotopic (exact) mass is 329 g/mol. The Balaban J connectivity index is 2.10. The molecule has 1 aliphatic rings. The molecule has 1 fully saturated rings. The maximum absolute atomic E-state index is 12.9. The van der Waals surface area contributed by atoms with E-state index >= 15 is 0 Å². The fourth-order valence-electron chi connectivity index (χ4n) is 2.48. The van der Waals surface area contributed by atoms with Crippen molar-refractivity contribution < 1.29 is 13.2 Å². The SMILES string of the molecule is CC1(C)CN(S(=O)(=O)c2c(Cl)nc3ccccn23)CCO1. The summed E-state index contributed by atoms with van der Waals surface area (Å²) in [5.74, 6) is 0. The van der Waals surface area contributed by atoms with Crippen LogP contribution in [-0.2, 0) is 14.8 Å². The molecule has 0 N–H and O–H groups in total. The van der Waals surface area contributed by atoms with Crippen molar-refractivity contribution in [2.45, 2.75) is 24.5 Å². The summed E-state index contributed by atoms with van der Waals surface area (Å²) in [5.41, 5.74) is -0.00763. The highest BCUT2D eigenvalue weighted by molar-refractivity contribution is 7.89. The molecule has 2 aromatic rings. The number of morpholine rings is 1. The highest BCUT2D eigenvalue weighted by atomic mass is 35.5. The summed E-state index contributed by atoms with van der Waals surface area (Å²) in [6.45, 7) is 4.68. The first-order chi connectivity index (χ1) is 9.81. The Labute approximate surface area is 128 Å². The third-order valence-corrected chi connectivity index (χ3v) is 5.67. The number of rotatable bonds is 2. The van der Waals surface area contributed by atoms with Crippen molar-refractivity contribution in [2.24, 2.45) is 0 Å². The van der Waals surface area contributed by atoms with E-state index in [1.807, 2.05) is 13.8 Å². The normalized spacial score (nSPS) is 20.0. The van der Waals surface area contributed by atoms with Gasteiger partial charge in [-0.1, -0.05) is 17.7 Å². The van der Waals surface area contributed by atoms with Gasteiger partial charge < -0.3 is 4.74 Å². The topological polar surface area (TPSA) is 63.9 Å². The number of aromatic nitrogens is 2. The molecule has 6 nitrogen and oxygen atoms in total. The smallest absolute Gasteiger partial charge is 0.262 e. The third-order valence-electron chi connectivity index (χ3n) is 3.42. The van der Waals surface area contributed by atoms with Gasteiger partial charge in [-0.3, -0.25) is 4.40 Å². The van der Waals surface area contributed by atoms with E-state index in [2.05, 4.69) is 4.98 Å². The highest BCUT2D eigenvalue weighted by Gasteiger charge is 2.37. The largest absolute Gasteiger partial charge is 0.373 e. The van der Waals surface area contributed by atoms with E-state index in [9.17, 15) is 8.42 Å². The second-order valence-corrected chi connectivity index (χ2v) is 7.79. The van der Waals surface area contributed by atoms with Crippen LogP contribution in [0.2, 0.25) is 5.15 Å². The first-order valence-electron chi connectivity index (χ1n) is 6.58. The molecule has 0 unspecified atom stereocenters. The van der Waals surface area contributed by atoms with Gasteiger partial charge in [0.25, 0.3) is 10.0 Å². The maximum atomic E-state index is 12.9. The predicted octanol–water partition coefficient (Wildman–Crippen LogP) is 1.79. The Bertz CT molecular complexity index is 785. The lowest BCUT2D eigenvalue weighted by atomic mass is 10.1. The lowest BCUT2D eigenvalue weighted by Gasteiger charge is -2.37. The van der Waals surface area contributed by atoms with E-state index in [1.165, 1.54) is 8.71 Å². The molecule has 8 heteroatoms. The van der Waals surface area contributed by atoms with Crippen LogP contribution in [0.3, 0.4) is 0 Å². The number of nitrogens with zero attached hydrogens (tertiary/aromatic N) is 3. The predicted molar refractivity (Wildman–Crippen MR) is 79.0 cm³/mol. The van der Waals surface area contributed by atoms with Gasteiger partial charge in [-0.2, -0.15) is 4.31 Å². The van der Waals surface area contributed by atoms with Crippen LogP contribution in [0.5, 0.6) is 0 Å². The summed E-state index contributed by atoms with van der Waals surface area (Å²) < 4.78 is 34.3. The van der Waals surface area contributed by atoms with Crippen LogP contribution in [0.4, 0.5) is 0 Å². The van der Waals surface area contributed by atoms with Crippen molar-refractivity contribution in [3.05, 3.63) is 29.5 Å². The first kappa shape index (κ1) is 14.8. The number of pyridine rings is 1. The molecular formula is C13H16ClN3O3S. The molecule has 0 radical (unpaired) electrons. The highest BCUT2D eigenvalue weighted by Crippen LogP contribution is 2.28. The maximum Gasteiger partial charge on any atom is 0.262 e. The van der Waals surface area contributed by atoms with E-state index < -0.39 is 15.6 Å². The van der Waals surface area contributed by atoms with Gasteiger partial charge in [0, 0.05) is 19.3 Å². The summed E-state index contributed by atoms with van der Waals surface area (Å²) in [4.78, 5) is 4.10. The van der Waals surface area contributed by atoms with E-state index in [4.69, 9.17) is 16.3 Å². The second kappa shape index (κ2) is 4.95. The van der Waals surface area contributed by atoms with Gasteiger partial charge in [0.2, 0.25) is 0 Å². The van der Waals surface area contributed by atoms with Crippen LogP contribution in [0.15, 0.2) is 29.4 Å². The number of ether oxygens (including phenoxy) is 1. The molecule has 114 valence electrons. The molecule has 0 amide bonds. The zero-order valence-electron chi connectivity index (χ0n) is 11.8. The second-order valence-electron chi connectivity index (χ2n) is 5.58. The molecule has 0 spiro atoms. The molecule has 0 atom stereocenters. The fourth-order valence-corrected chi connectivity index (χ4v) is 4.65. The van der Waals surface area contributed by atoms with Crippen LogP contribution < -0.4 is 0 Å². The Morgan fingerprint density at radius 1 is 1.38 bits per heavy atom. The lowest BCUT2D eigenvalue weighted by Crippen LogP contribution is -2.50. The number of hydrogen-bond donors (Lipinski definition) is 0. The molecule has 0 saturated carbocycles. The number of fused-ring (bicyclic) bond motifs is 1. The number of halogens is 1. The van der Waals surface area contributed by atoms with Crippen molar-refractivity contribution in [3.8, 4) is 0 Å². The van der Waals surface area contributed by atoms with E-state index in [1.54, 1.807) is 24.4 Å². The van der Waals surface area contributed by atoms with E-state index in [0.29, 0.717) is 18.8 Å². The molecule has 1 aliphatic heterocycles. The number of hydrogen-bond acceptors (Lipinski definition) is 4. The van der Waals surface area contributed by atoms with Gasteiger partial charge in [0.1, 0.15) is 5.65 Å². The summed E-state index contributed by atoms with van der Waals surface area (Å²) in [7, 11) is -3.73. The number of imidazole rings is 1. The minimum Gasteiger partial charge on any atom is -0.373 e. The minimum absolute atomic E-state index is 0.00880. The van der Waals surface area contributed by atoms with Gasteiger partial charge in [-0.15, -0.1) is 0 Å². The quantitative estimate of drug-likeness (QED) is 0.842. The van der Waals surface area contributed by atoms with Crippen molar-refractivity contribution in [1.82, 2.24) is 13.7 Å². The average Bonchev–Trinajstić information content (AvgIpc) is 2.73. The van der Waals surface area contributed by atoms with Crippen molar-refractivity contribution in [1.29, 1.82) is 0 Å². The van der Waals surface area contributed by atoms with Gasteiger partial charge in [-0.25, -0.2) is 13.4 Å². The Hall–Kier alpha value is -1.15. The Morgan fingerprint density at radius 2 is 2.14 bits per heavy atom. The Kier molecular flexibility index (Phi) is 3.48. The van der Waals surface area contributed by atoms with Gasteiger partial charge in [-0.05, 0) is 26.0 Å². The molecule has 3 rings (SSSR count). The fraction of sp³-hybridized carbons (Fsp3) is 0.462. The van der Waals surface area contributed by atoms with Crippen molar-refractivity contribution in [2.75, 3.05) is 19.7 Å². The Morgan fingerprint density at radius 3 is 2.86 bits per heavy atom. The third kappa shape index (κ3) is 2.55. The molecule has 0 aliphatic carbocycles. The van der Waals surface area contributed by atoms with Crippen LogP contribution in [0.1, 0.15) is 13.8 Å². The van der Waals surface area contributed by atoms with Crippen LogP contribution >= 0.6 is 11.6 Å². The van der Waals surface area contributed by atoms with E-state index in [0.717, 1.165) is 0 Å². The van der Waals surface area contributed by atoms with Crippen LogP contribution in [0, 0.1) is 0 Å². The molecular weight excluding hydrogens is 314 g/mol. The first-order valence-corrected chi connectivity index (χ1v) is 8.40. The molecule has 1 saturated heterocycles. The van der Waals surface area contributed by atoms with Crippen molar-refractivity contribution >= 4 is 27.3 Å². The van der Waals surface area contributed by atoms with E-state index in [-0.39, 0.29) is 16.7 Å². The molecule has 21 heavy (non-hydrogen) atoms. The summed E-state index contributed by atoms with van der Waals surface area (Å²) in [6.07, 6.45) is 1.65. The summed E-state index contributed by atoms with van der Waals surface area (Å²) in [5, 5.41) is 0.00275. The molecule has 0 bridgehead atoms. The van der Waals surface area contributed by atoms with Gasteiger partial charge >= 0.3 is 0 Å². The summed E-state index contributed by atoms with van der Waals surface area (Å²) in [6, 6.07) is 5.24. The molecule has 0 aromatic carbocycles. The van der Waals surface area contributed by atoms with Crippen molar-refractivity contribution in [3.63, 3.8) is 0 Å². The molecule has 3 heterocycles. The zero-order chi connectivity index (χ0) is 15.3. The minimum atomic E-state index is -3.73. The number of sulfonamides is 1. The van der Waals surface area contributed by atoms with Gasteiger partial charge in [0.05, 0.1) is 12.2 Å². The standard InChI is InChI=1S/C13H16ClN3O3S/c1-13(2)9-16(7-8-20-13)21(18,19)12-11(14)15-10-5-3-4-6-17(10)12/h3-6H,7-9H2,1-2H3. The molecule has 2 aromatic heterocycles. The van der Waals surface area contributed by atoms with Gasteiger partial charge in [0.15, 0.2) is 10.2 Å².